The summed E-state index contributed by atoms with van der Waals surface area (Å²) in [4.78, 5) is 191. The molecule has 570 valence electrons. The molecule has 3 saturated carbocycles. The van der Waals surface area contributed by atoms with Gasteiger partial charge in [0.2, 0.25) is 70.9 Å². The first-order valence-electron chi connectivity index (χ1n) is 37.1. The van der Waals surface area contributed by atoms with Gasteiger partial charge >= 0.3 is 6.18 Å². The highest BCUT2D eigenvalue weighted by molar-refractivity contribution is 6.31. The predicted molar refractivity (Wildman–Crippen MR) is 375 cm³/mol. The van der Waals surface area contributed by atoms with Crippen molar-refractivity contribution in [2.24, 2.45) is 17.8 Å². The van der Waals surface area contributed by atoms with E-state index in [-0.39, 0.29) is 64.2 Å². The first-order chi connectivity index (χ1) is 48.3. The van der Waals surface area contributed by atoms with Crippen molar-refractivity contribution in [3.63, 3.8) is 0 Å². The molecular weight excluding hydrogens is 1350 g/mol. The lowest BCUT2D eigenvalue weighted by atomic mass is 9.81. The van der Waals surface area contributed by atoms with Crippen molar-refractivity contribution in [1.82, 2.24) is 60.0 Å². The van der Waals surface area contributed by atoms with Crippen LogP contribution >= 0.6 is 11.6 Å². The molecule has 3 saturated heterocycles. The molecule has 0 radical (unpaired) electrons. The van der Waals surface area contributed by atoms with Gasteiger partial charge in [-0.15, -0.1) is 0 Å². The minimum absolute atomic E-state index is 0.0138. The Morgan fingerprint density at radius 2 is 1.25 bits per heavy atom. The number of piperidine rings is 1. The van der Waals surface area contributed by atoms with Crippen molar-refractivity contribution < 1.29 is 75.4 Å². The van der Waals surface area contributed by atoms with E-state index in [9.17, 15) is 41.9 Å². The number of ether oxygens (including phenoxy) is 1. The summed E-state index contributed by atoms with van der Waals surface area (Å²) in [5.74, 6) is -8.86. The topological polar surface area (TPSA) is 279 Å². The van der Waals surface area contributed by atoms with Gasteiger partial charge in [-0.25, -0.2) is 0 Å². The summed E-state index contributed by atoms with van der Waals surface area (Å²) < 4.78 is 47.6. The fraction of sp³-hybridized carbons (Fsp3) is 0.753. The van der Waals surface area contributed by atoms with Crippen molar-refractivity contribution in [3.05, 3.63) is 34.3 Å². The number of aryl methyl sites for hydroxylation is 1. The zero-order valence-electron chi connectivity index (χ0n) is 61.7. The third-order valence-corrected chi connectivity index (χ3v) is 22.6. The minimum Gasteiger partial charge on any atom is -0.379 e. The molecule has 102 heavy (non-hydrogen) atoms. The molecular formula is C73H112ClF3N12O13. The molecule has 0 bridgehead atoms. The van der Waals surface area contributed by atoms with E-state index in [1.165, 1.54) is 75.0 Å². The van der Waals surface area contributed by atoms with Crippen LogP contribution in [0.15, 0.2) is 18.2 Å². The summed E-state index contributed by atoms with van der Waals surface area (Å²) in [7, 11) is 9.91. The van der Waals surface area contributed by atoms with E-state index in [2.05, 4.69) is 16.0 Å². The molecule has 6 aliphatic rings. The Morgan fingerprint density at radius 3 is 1.86 bits per heavy atom. The Kier molecular flexibility index (Phi) is 30.3. The zero-order valence-corrected chi connectivity index (χ0v) is 62.4. The van der Waals surface area contributed by atoms with Crippen LogP contribution < -0.4 is 16.0 Å². The van der Waals surface area contributed by atoms with Crippen molar-refractivity contribution in [3.8, 4) is 0 Å². The maximum absolute atomic E-state index is 15.8. The number of halogens is 4. The SMILES string of the molecule is CCCOC[C@H]1C(=O)N[C@@H]([C@@H](C)CC)C(=O)N(C)CC(=O)N(C)CC(=O)N(C)[C@@H](CC2CCCCC2)C(=O)N(C)CC(=O)N[C@@H](CCc2ccc(C(F)(F)F)c(Cl)c2)C(=O)N2CCCC2C(=O)NC2(CCCC2)C(=O)N(C)[C@@H](C2CCCCC2)C(=O)N(C)[C@H](C(=O)N2CCCCC2)CC(=O)N1C. The van der Waals surface area contributed by atoms with Crippen LogP contribution in [-0.2, 0) is 74.9 Å². The van der Waals surface area contributed by atoms with E-state index in [1.807, 2.05) is 13.8 Å². The molecule has 3 aliphatic heterocycles. The number of hydrogen-bond donors (Lipinski definition) is 3. The predicted octanol–water partition coefficient (Wildman–Crippen LogP) is 5.80. The summed E-state index contributed by atoms with van der Waals surface area (Å²) in [6.45, 7) is 4.36. The minimum atomic E-state index is -4.76. The van der Waals surface area contributed by atoms with Crippen molar-refractivity contribution in [1.29, 1.82) is 0 Å². The van der Waals surface area contributed by atoms with Gasteiger partial charge in [0.05, 0.1) is 43.2 Å². The Hall–Kier alpha value is -7.10. The number of alkyl halides is 3. The molecule has 6 fully saturated rings. The van der Waals surface area contributed by atoms with Crippen LogP contribution in [0.4, 0.5) is 13.2 Å². The second-order valence-corrected chi connectivity index (χ2v) is 30.0. The Bertz CT molecular complexity index is 3140. The summed E-state index contributed by atoms with van der Waals surface area (Å²) in [6, 6.07) is -5.83. The fourth-order valence-corrected chi connectivity index (χ4v) is 16.0. The van der Waals surface area contributed by atoms with E-state index >= 15 is 28.8 Å². The third-order valence-electron chi connectivity index (χ3n) is 22.3. The quantitative estimate of drug-likeness (QED) is 0.197. The van der Waals surface area contributed by atoms with E-state index in [0.717, 1.165) is 89.5 Å². The molecule has 29 heteroatoms. The van der Waals surface area contributed by atoms with Gasteiger partial charge in [0.25, 0.3) is 0 Å². The molecule has 1 spiro atoms. The largest absolute Gasteiger partial charge is 0.417 e. The van der Waals surface area contributed by atoms with Crippen molar-refractivity contribution in [2.75, 3.05) is 102 Å². The van der Waals surface area contributed by atoms with Gasteiger partial charge in [-0.3, -0.25) is 57.5 Å². The Morgan fingerprint density at radius 1 is 0.637 bits per heavy atom. The van der Waals surface area contributed by atoms with E-state index in [4.69, 9.17) is 16.3 Å². The summed E-state index contributed by atoms with van der Waals surface area (Å²) >= 11 is 6.17. The number of hydrogen-bond acceptors (Lipinski definition) is 13. The van der Waals surface area contributed by atoms with Gasteiger partial charge in [-0.1, -0.05) is 109 Å². The first-order valence-corrected chi connectivity index (χ1v) is 37.5. The van der Waals surface area contributed by atoms with Gasteiger partial charge in [-0.05, 0) is 119 Å². The molecule has 3 aliphatic carbocycles. The van der Waals surface area contributed by atoms with E-state index in [1.54, 1.807) is 11.8 Å². The highest BCUT2D eigenvalue weighted by Crippen LogP contribution is 2.38. The van der Waals surface area contributed by atoms with E-state index in [0.29, 0.717) is 76.4 Å². The van der Waals surface area contributed by atoms with Crippen LogP contribution in [0.5, 0.6) is 0 Å². The van der Waals surface area contributed by atoms with Crippen molar-refractivity contribution in [2.45, 2.75) is 235 Å². The number of carbonyl (C=O) groups is 12. The molecule has 1 aromatic carbocycles. The normalized spacial score (nSPS) is 26.6. The monoisotopic (exact) mass is 1460 g/mol. The number of nitrogens with one attached hydrogen (secondary N) is 3. The average Bonchev–Trinajstić information content (AvgIpc) is 1.32. The number of rotatable bonds is 13. The van der Waals surface area contributed by atoms with E-state index < -0.39 is 173 Å². The van der Waals surface area contributed by atoms with Crippen LogP contribution in [0.25, 0.3) is 0 Å². The molecule has 12 amide bonds. The summed E-state index contributed by atoms with van der Waals surface area (Å²) in [6.07, 6.45) is 7.31. The molecule has 1 unspecified atom stereocenters. The highest BCUT2D eigenvalue weighted by atomic mass is 35.5. The molecule has 3 N–H and O–H groups in total. The lowest BCUT2D eigenvalue weighted by Gasteiger charge is -2.43. The number of carbonyl (C=O) groups excluding carboxylic acids is 12. The fourth-order valence-electron chi connectivity index (χ4n) is 15.7. The third kappa shape index (κ3) is 20.9. The second kappa shape index (κ2) is 37.6. The van der Waals surface area contributed by atoms with Gasteiger partial charge in [0.1, 0.15) is 47.8 Å². The lowest BCUT2D eigenvalue weighted by molar-refractivity contribution is -0.157. The van der Waals surface area contributed by atoms with Crippen LogP contribution in [0.2, 0.25) is 5.02 Å². The molecule has 0 aromatic heterocycles. The molecule has 25 nitrogen and oxygen atoms in total. The molecule has 3 heterocycles. The standard InChI is InChI=1S/C73H112ClF3N12O13/c1-11-39-102-46-57-64(94)79-62(47(3)12-2)69(99)83(6)44-60(92)81(4)45-61(93)84(7)55(41-48-25-16-13-17-26-48)67(97)82(5)43-58(90)78-53(33-31-49-30-32-51(52(74)40-49)73(75,76)77)66(96)89-38-24-29-54(89)65(95)80-72(34-20-21-35-72)71(101)87(10)63(50-27-18-14-19-28-50)70(100)86(9)56(42-59(91)85(57)8)68(98)88-36-22-15-23-37-88/h30,32,40,47-48,50,53-57,62-63H,11-29,31,33-39,41-46H2,1-10H3,(H,78,90)(H,79,94)(H,80,95)/t47-,53-,54?,55-,56-,57-,62-,63-/m0/s1. The van der Waals surface area contributed by atoms with Crippen LogP contribution in [0.3, 0.4) is 0 Å². The smallest absolute Gasteiger partial charge is 0.379 e. The van der Waals surface area contributed by atoms with Gasteiger partial charge in [-0.2, -0.15) is 13.2 Å². The van der Waals surface area contributed by atoms with Crippen LogP contribution in [0, 0.1) is 17.8 Å². The van der Waals surface area contributed by atoms with Crippen molar-refractivity contribution >= 4 is 82.5 Å². The first kappa shape index (κ1) is 82.2. The molecule has 7 rings (SSSR count). The number of likely N-dealkylation sites (N-methyl/N-ethyl adjacent to an activating group) is 7. The average molecular weight is 1460 g/mol. The number of nitrogens with zero attached hydrogens (tertiary/aromatic N) is 9. The Balaban J connectivity index is 1.29. The summed E-state index contributed by atoms with van der Waals surface area (Å²) in [5, 5.41) is 8.13. The molecule has 8 atom stereocenters. The summed E-state index contributed by atoms with van der Waals surface area (Å²) in [5.41, 5.74) is -2.35. The number of fused-ring (bicyclic) bond motifs is 1. The highest BCUT2D eigenvalue weighted by Gasteiger charge is 2.51. The van der Waals surface area contributed by atoms with Crippen LogP contribution in [0.1, 0.15) is 186 Å². The van der Waals surface area contributed by atoms with Gasteiger partial charge in [0, 0.05) is 75.6 Å². The maximum atomic E-state index is 15.8. The number of amides is 12. The van der Waals surface area contributed by atoms with Crippen LogP contribution in [-0.4, -0.2) is 265 Å². The second-order valence-electron chi connectivity index (χ2n) is 29.6. The lowest BCUT2D eigenvalue weighted by Crippen LogP contribution is -2.65. The number of likely N-dealkylation sites (tertiary alicyclic amines) is 1. The molecule has 1 aromatic rings. The van der Waals surface area contributed by atoms with Gasteiger partial charge < -0.3 is 64.8 Å². The Labute approximate surface area is 604 Å². The number of benzene rings is 1. The maximum Gasteiger partial charge on any atom is 0.417 e. The van der Waals surface area contributed by atoms with Gasteiger partial charge in [0.15, 0.2) is 0 Å². The zero-order chi connectivity index (χ0) is 74.9.